The van der Waals surface area contributed by atoms with Gasteiger partial charge in [0.15, 0.2) is 0 Å². The second-order valence-electron chi connectivity index (χ2n) is 5.64. The minimum Gasteiger partial charge on any atom is -0.392 e. The van der Waals surface area contributed by atoms with Gasteiger partial charge < -0.3 is 15.0 Å². The van der Waals surface area contributed by atoms with Crippen LogP contribution in [0, 0.1) is 5.92 Å². The smallest absolute Gasteiger partial charge is 0.112 e. The first-order chi connectivity index (χ1) is 9.79. The van der Waals surface area contributed by atoms with E-state index in [0.717, 1.165) is 43.8 Å². The van der Waals surface area contributed by atoms with Gasteiger partial charge in [-0.3, -0.25) is 0 Å². The number of nitrogens with one attached hydrogen (secondary N) is 1. The summed E-state index contributed by atoms with van der Waals surface area (Å²) in [6.07, 6.45) is 2.62. The molecule has 0 saturated carbocycles. The minimum absolute atomic E-state index is 0.301. The highest BCUT2D eigenvalue weighted by Gasteiger charge is 2.23. The monoisotopic (exact) mass is 273 g/mol. The first-order valence-electron chi connectivity index (χ1n) is 7.62. The maximum atomic E-state index is 10.5. The van der Waals surface area contributed by atoms with Crippen molar-refractivity contribution in [3.8, 4) is 0 Å². The number of fused-ring (bicyclic) bond motifs is 1. The van der Waals surface area contributed by atoms with Gasteiger partial charge in [0.05, 0.1) is 17.1 Å². The number of rotatable bonds is 4. The molecule has 2 atom stereocenters. The molecular formula is C16H23N3O. The largest absolute Gasteiger partial charge is 0.392 e. The molecule has 1 saturated heterocycles. The highest BCUT2D eigenvalue weighted by molar-refractivity contribution is 5.75. The van der Waals surface area contributed by atoms with Crippen LogP contribution in [0.5, 0.6) is 0 Å². The van der Waals surface area contributed by atoms with E-state index in [1.165, 1.54) is 5.52 Å². The summed E-state index contributed by atoms with van der Waals surface area (Å²) in [7, 11) is 0. The van der Waals surface area contributed by atoms with E-state index in [4.69, 9.17) is 4.98 Å². The Hall–Kier alpha value is -1.39. The molecule has 0 aliphatic carbocycles. The zero-order chi connectivity index (χ0) is 13.9. The van der Waals surface area contributed by atoms with E-state index in [1.54, 1.807) is 0 Å². The summed E-state index contributed by atoms with van der Waals surface area (Å²) < 4.78 is 2.22. The van der Waals surface area contributed by atoms with Gasteiger partial charge in [0, 0.05) is 19.5 Å². The van der Waals surface area contributed by atoms with Gasteiger partial charge in [-0.1, -0.05) is 12.1 Å². The van der Waals surface area contributed by atoms with Crippen molar-refractivity contribution in [2.24, 2.45) is 5.92 Å². The first kappa shape index (κ1) is 13.6. The summed E-state index contributed by atoms with van der Waals surface area (Å²) in [4.78, 5) is 4.70. The Labute approximate surface area is 119 Å². The van der Waals surface area contributed by atoms with Crippen molar-refractivity contribution in [3.63, 3.8) is 0 Å². The van der Waals surface area contributed by atoms with Crippen LogP contribution < -0.4 is 5.32 Å². The van der Waals surface area contributed by atoms with Crippen LogP contribution in [0.3, 0.4) is 0 Å². The molecule has 1 aliphatic rings. The molecule has 4 nitrogen and oxygen atoms in total. The Morgan fingerprint density at radius 2 is 2.30 bits per heavy atom. The van der Waals surface area contributed by atoms with E-state index in [0.29, 0.717) is 12.3 Å². The Bertz CT molecular complexity index is 572. The molecule has 0 amide bonds. The summed E-state index contributed by atoms with van der Waals surface area (Å²) in [6, 6.07) is 8.20. The van der Waals surface area contributed by atoms with Gasteiger partial charge in [-0.25, -0.2) is 4.98 Å². The van der Waals surface area contributed by atoms with Crippen LogP contribution in [0.1, 0.15) is 25.6 Å². The molecular weight excluding hydrogens is 250 g/mol. The van der Waals surface area contributed by atoms with Gasteiger partial charge in [0.2, 0.25) is 0 Å². The van der Waals surface area contributed by atoms with Crippen LogP contribution in [0.25, 0.3) is 11.0 Å². The number of benzene rings is 1. The summed E-state index contributed by atoms with van der Waals surface area (Å²) in [6.45, 7) is 5.03. The third-order valence-electron chi connectivity index (χ3n) is 4.32. The van der Waals surface area contributed by atoms with Crippen LogP contribution in [0.4, 0.5) is 0 Å². The van der Waals surface area contributed by atoms with Crippen molar-refractivity contribution in [1.29, 1.82) is 0 Å². The number of aliphatic hydroxyl groups excluding tert-OH is 1. The van der Waals surface area contributed by atoms with E-state index in [2.05, 4.69) is 22.9 Å². The predicted octanol–water partition coefficient (Wildman–Crippen LogP) is 1.96. The fraction of sp³-hybridized carbons (Fsp3) is 0.562. The second kappa shape index (κ2) is 5.94. The number of hydrogen-bond donors (Lipinski definition) is 2. The lowest BCUT2D eigenvalue weighted by Gasteiger charge is -2.27. The molecule has 0 spiro atoms. The van der Waals surface area contributed by atoms with Crippen molar-refractivity contribution in [2.45, 2.75) is 38.8 Å². The van der Waals surface area contributed by atoms with Crippen LogP contribution >= 0.6 is 0 Å². The van der Waals surface area contributed by atoms with Crippen molar-refractivity contribution >= 4 is 11.0 Å². The van der Waals surface area contributed by atoms with E-state index in [-0.39, 0.29) is 6.10 Å². The summed E-state index contributed by atoms with van der Waals surface area (Å²) >= 11 is 0. The minimum atomic E-state index is -0.301. The van der Waals surface area contributed by atoms with Crippen LogP contribution in [-0.2, 0) is 13.0 Å². The van der Waals surface area contributed by atoms with Crippen molar-refractivity contribution in [1.82, 2.24) is 14.9 Å². The number of aliphatic hydroxyl groups is 1. The maximum absolute atomic E-state index is 10.5. The number of para-hydroxylation sites is 2. The number of hydrogen-bond acceptors (Lipinski definition) is 3. The Morgan fingerprint density at radius 3 is 3.05 bits per heavy atom. The topological polar surface area (TPSA) is 50.1 Å². The molecule has 4 heteroatoms. The molecule has 1 fully saturated rings. The molecule has 1 aliphatic heterocycles. The van der Waals surface area contributed by atoms with Gasteiger partial charge in [0.25, 0.3) is 0 Å². The normalized spacial score (nSPS) is 21.2. The fourth-order valence-corrected chi connectivity index (χ4v) is 3.20. The third kappa shape index (κ3) is 2.58. The van der Waals surface area contributed by atoms with E-state index in [1.807, 2.05) is 18.2 Å². The van der Waals surface area contributed by atoms with Gasteiger partial charge in [-0.05, 0) is 44.4 Å². The lowest BCUT2D eigenvalue weighted by Crippen LogP contribution is -2.38. The van der Waals surface area contributed by atoms with Crippen molar-refractivity contribution < 1.29 is 5.11 Å². The lowest BCUT2D eigenvalue weighted by molar-refractivity contribution is 0.0897. The standard InChI is InChI=1S/C16H23N3O/c1-2-19-14-8-4-3-7-13(14)18-16(19)10-15(20)12-6-5-9-17-11-12/h3-4,7-8,12,15,17,20H,2,5-6,9-11H2,1H3. The van der Waals surface area contributed by atoms with Crippen LogP contribution in [-0.4, -0.2) is 33.9 Å². The summed E-state index contributed by atoms with van der Waals surface area (Å²) in [5.41, 5.74) is 2.19. The molecule has 2 unspecified atom stereocenters. The molecule has 1 aromatic heterocycles. The van der Waals surface area contributed by atoms with Crippen molar-refractivity contribution in [3.05, 3.63) is 30.1 Å². The van der Waals surface area contributed by atoms with Gasteiger partial charge in [-0.15, -0.1) is 0 Å². The van der Waals surface area contributed by atoms with Gasteiger partial charge >= 0.3 is 0 Å². The number of nitrogens with zero attached hydrogens (tertiary/aromatic N) is 2. The molecule has 108 valence electrons. The zero-order valence-electron chi connectivity index (χ0n) is 12.0. The number of aryl methyl sites for hydroxylation is 1. The predicted molar refractivity (Wildman–Crippen MR) is 80.7 cm³/mol. The average molecular weight is 273 g/mol. The Kier molecular flexibility index (Phi) is 4.03. The lowest BCUT2D eigenvalue weighted by atomic mass is 9.92. The second-order valence-corrected chi connectivity index (χ2v) is 5.64. The quantitative estimate of drug-likeness (QED) is 0.895. The highest BCUT2D eigenvalue weighted by atomic mass is 16.3. The molecule has 1 aromatic carbocycles. The first-order valence-corrected chi connectivity index (χ1v) is 7.62. The van der Waals surface area contributed by atoms with E-state index in [9.17, 15) is 5.11 Å². The molecule has 2 aromatic rings. The van der Waals surface area contributed by atoms with Crippen molar-refractivity contribution in [2.75, 3.05) is 13.1 Å². The van der Waals surface area contributed by atoms with Crippen LogP contribution in [0.15, 0.2) is 24.3 Å². The Morgan fingerprint density at radius 1 is 1.45 bits per heavy atom. The maximum Gasteiger partial charge on any atom is 0.112 e. The number of piperidine rings is 1. The van der Waals surface area contributed by atoms with E-state index >= 15 is 0 Å². The molecule has 20 heavy (non-hydrogen) atoms. The third-order valence-corrected chi connectivity index (χ3v) is 4.32. The fourth-order valence-electron chi connectivity index (χ4n) is 3.20. The number of imidazole rings is 1. The van der Waals surface area contributed by atoms with Gasteiger partial charge in [-0.2, -0.15) is 0 Å². The highest BCUT2D eigenvalue weighted by Crippen LogP contribution is 2.21. The van der Waals surface area contributed by atoms with Crippen LogP contribution in [0.2, 0.25) is 0 Å². The average Bonchev–Trinajstić information content (AvgIpc) is 2.85. The summed E-state index contributed by atoms with van der Waals surface area (Å²) in [5.74, 6) is 1.36. The molecule has 0 radical (unpaired) electrons. The molecule has 2 heterocycles. The molecule has 2 N–H and O–H groups in total. The SMILES string of the molecule is CCn1c(CC(O)C2CCCNC2)nc2ccccc21. The molecule has 3 rings (SSSR count). The zero-order valence-corrected chi connectivity index (χ0v) is 12.0. The van der Waals surface area contributed by atoms with E-state index < -0.39 is 0 Å². The summed E-state index contributed by atoms with van der Waals surface area (Å²) in [5, 5.41) is 13.8. The number of aromatic nitrogens is 2. The molecule has 0 bridgehead atoms. The van der Waals surface area contributed by atoms with Gasteiger partial charge in [0.1, 0.15) is 5.82 Å². The Balaban J connectivity index is 1.82.